The monoisotopic (exact) mass is 339 g/mol. The molecule has 2 aromatic carbocycles. The Balaban J connectivity index is 2.09. The molecular weight excluding hydrogens is 314 g/mol. The van der Waals surface area contributed by atoms with E-state index in [1.807, 2.05) is 56.3 Å². The minimum Gasteiger partial charge on any atom is -0.496 e. The molecule has 0 unspecified atom stereocenters. The van der Waals surface area contributed by atoms with Crippen LogP contribution in [0.25, 0.3) is 6.08 Å². The molecule has 0 heterocycles. The summed E-state index contributed by atoms with van der Waals surface area (Å²) in [5, 5.41) is 0. The molecule has 0 fully saturated rings. The van der Waals surface area contributed by atoms with Gasteiger partial charge in [0, 0.05) is 30.8 Å². The number of aryl methyl sites for hydroxylation is 1. The smallest absolute Gasteiger partial charge is 0.246 e. The number of carbonyl (C=O) groups is 1. The van der Waals surface area contributed by atoms with E-state index in [0.29, 0.717) is 13.2 Å². The summed E-state index contributed by atoms with van der Waals surface area (Å²) in [6, 6.07) is 13.6. The van der Waals surface area contributed by atoms with Gasteiger partial charge in [0.25, 0.3) is 0 Å². The van der Waals surface area contributed by atoms with Crippen molar-refractivity contribution in [3.63, 3.8) is 0 Å². The molecule has 0 radical (unpaired) electrons. The summed E-state index contributed by atoms with van der Waals surface area (Å²) in [6.07, 6.45) is 3.36. The van der Waals surface area contributed by atoms with Gasteiger partial charge >= 0.3 is 0 Å². The quantitative estimate of drug-likeness (QED) is 0.714. The van der Waals surface area contributed by atoms with E-state index < -0.39 is 0 Å². The zero-order valence-corrected chi connectivity index (χ0v) is 15.3. The number of para-hydroxylation sites is 1. The Morgan fingerprint density at radius 2 is 1.92 bits per heavy atom. The molecule has 0 atom stereocenters. The Hall–Kier alpha value is -2.75. The van der Waals surface area contributed by atoms with Gasteiger partial charge in [-0.15, -0.1) is 0 Å². The van der Waals surface area contributed by atoms with Crippen molar-refractivity contribution in [2.75, 3.05) is 20.8 Å². The van der Waals surface area contributed by atoms with Crippen molar-refractivity contribution in [3.05, 3.63) is 65.2 Å². The van der Waals surface area contributed by atoms with E-state index in [9.17, 15) is 4.79 Å². The zero-order valence-electron chi connectivity index (χ0n) is 15.3. The Kier molecular flexibility index (Phi) is 6.63. The number of ether oxygens (including phenoxy) is 2. The molecule has 4 nitrogen and oxygen atoms in total. The summed E-state index contributed by atoms with van der Waals surface area (Å²) < 4.78 is 11.0. The van der Waals surface area contributed by atoms with E-state index in [-0.39, 0.29) is 5.91 Å². The van der Waals surface area contributed by atoms with Gasteiger partial charge in [-0.25, -0.2) is 0 Å². The van der Waals surface area contributed by atoms with Crippen molar-refractivity contribution in [3.8, 4) is 11.5 Å². The van der Waals surface area contributed by atoms with Crippen molar-refractivity contribution in [1.82, 2.24) is 4.90 Å². The average molecular weight is 339 g/mol. The molecule has 0 bridgehead atoms. The first kappa shape index (κ1) is 18.6. The highest BCUT2D eigenvalue weighted by atomic mass is 16.5. The Morgan fingerprint density at radius 1 is 1.16 bits per heavy atom. The summed E-state index contributed by atoms with van der Waals surface area (Å²) in [5.41, 5.74) is 3.01. The van der Waals surface area contributed by atoms with Crippen LogP contribution in [0.5, 0.6) is 11.5 Å². The second-order valence-electron chi connectivity index (χ2n) is 5.81. The van der Waals surface area contributed by atoms with Crippen molar-refractivity contribution >= 4 is 12.0 Å². The second-order valence-corrected chi connectivity index (χ2v) is 5.81. The van der Waals surface area contributed by atoms with Gasteiger partial charge in [-0.05, 0) is 32.1 Å². The highest BCUT2D eigenvalue weighted by Crippen LogP contribution is 2.22. The maximum atomic E-state index is 12.4. The third kappa shape index (κ3) is 5.11. The first-order valence-corrected chi connectivity index (χ1v) is 8.33. The molecule has 0 saturated carbocycles. The van der Waals surface area contributed by atoms with Crippen molar-refractivity contribution in [2.45, 2.75) is 20.4 Å². The van der Waals surface area contributed by atoms with Crippen LogP contribution in [0.2, 0.25) is 0 Å². The standard InChI is InChI=1S/C21H25NO3/c1-5-25-20-9-7-6-8-17(20)11-13-21(23)22(3)15-18-14-16(2)10-12-19(18)24-4/h6-14H,5,15H2,1-4H3/b13-11+. The van der Waals surface area contributed by atoms with E-state index in [0.717, 1.165) is 28.2 Å². The lowest BCUT2D eigenvalue weighted by molar-refractivity contribution is -0.125. The lowest BCUT2D eigenvalue weighted by Crippen LogP contribution is -2.24. The fraction of sp³-hybridized carbons (Fsp3) is 0.286. The molecule has 0 aliphatic rings. The van der Waals surface area contributed by atoms with Crippen LogP contribution in [0.1, 0.15) is 23.6 Å². The summed E-state index contributed by atoms with van der Waals surface area (Å²) in [7, 11) is 3.42. The summed E-state index contributed by atoms with van der Waals surface area (Å²) in [5.74, 6) is 1.49. The Labute approximate surface area is 149 Å². The van der Waals surface area contributed by atoms with Crippen molar-refractivity contribution in [2.24, 2.45) is 0 Å². The van der Waals surface area contributed by atoms with Gasteiger partial charge < -0.3 is 14.4 Å². The summed E-state index contributed by atoms with van der Waals surface area (Å²) in [6.45, 7) is 5.04. The number of nitrogens with zero attached hydrogens (tertiary/aromatic N) is 1. The normalized spacial score (nSPS) is 10.7. The molecule has 25 heavy (non-hydrogen) atoms. The van der Waals surface area contributed by atoms with Crippen molar-refractivity contribution < 1.29 is 14.3 Å². The molecule has 0 saturated heterocycles. The topological polar surface area (TPSA) is 38.8 Å². The van der Waals surface area contributed by atoms with E-state index in [1.165, 1.54) is 0 Å². The minimum absolute atomic E-state index is 0.0742. The number of carbonyl (C=O) groups excluding carboxylic acids is 1. The molecule has 0 aliphatic heterocycles. The van der Waals surface area contributed by atoms with Gasteiger partial charge in [0.05, 0.1) is 13.7 Å². The van der Waals surface area contributed by atoms with Crippen LogP contribution in [0, 0.1) is 6.92 Å². The van der Waals surface area contributed by atoms with Gasteiger partial charge in [-0.1, -0.05) is 35.9 Å². The predicted molar refractivity (Wildman–Crippen MR) is 101 cm³/mol. The summed E-state index contributed by atoms with van der Waals surface area (Å²) >= 11 is 0. The van der Waals surface area contributed by atoms with Crippen molar-refractivity contribution in [1.29, 1.82) is 0 Å². The molecule has 4 heteroatoms. The molecule has 132 valence electrons. The van der Waals surface area contributed by atoms with Crippen LogP contribution in [0.15, 0.2) is 48.5 Å². The van der Waals surface area contributed by atoms with E-state index in [4.69, 9.17) is 9.47 Å². The zero-order chi connectivity index (χ0) is 18.2. The molecule has 2 rings (SSSR count). The minimum atomic E-state index is -0.0742. The maximum absolute atomic E-state index is 12.4. The Morgan fingerprint density at radius 3 is 2.64 bits per heavy atom. The third-order valence-corrected chi connectivity index (χ3v) is 3.84. The largest absolute Gasteiger partial charge is 0.496 e. The fourth-order valence-corrected chi connectivity index (χ4v) is 2.56. The van der Waals surface area contributed by atoms with Gasteiger partial charge in [0.15, 0.2) is 0 Å². The average Bonchev–Trinajstić information content (AvgIpc) is 2.61. The molecule has 0 aromatic heterocycles. The lowest BCUT2D eigenvalue weighted by Gasteiger charge is -2.18. The van der Waals surface area contributed by atoms with Crippen LogP contribution in [0.4, 0.5) is 0 Å². The molecule has 0 aliphatic carbocycles. The van der Waals surface area contributed by atoms with Crippen LogP contribution in [-0.4, -0.2) is 31.6 Å². The van der Waals surface area contributed by atoms with Crippen LogP contribution in [0.3, 0.4) is 0 Å². The number of likely N-dealkylation sites (N-methyl/N-ethyl adjacent to an activating group) is 1. The molecule has 0 spiro atoms. The Bertz CT molecular complexity index is 753. The van der Waals surface area contributed by atoms with E-state index in [2.05, 4.69) is 0 Å². The maximum Gasteiger partial charge on any atom is 0.246 e. The molecule has 0 N–H and O–H groups in total. The second kappa shape index (κ2) is 8.92. The van der Waals surface area contributed by atoms with Gasteiger partial charge in [-0.3, -0.25) is 4.79 Å². The van der Waals surface area contributed by atoms with Crippen LogP contribution >= 0.6 is 0 Å². The molecule has 1 amide bonds. The summed E-state index contributed by atoms with van der Waals surface area (Å²) in [4.78, 5) is 14.1. The van der Waals surface area contributed by atoms with Gasteiger partial charge in [0.1, 0.15) is 11.5 Å². The molecule has 2 aromatic rings. The van der Waals surface area contributed by atoms with E-state index in [1.54, 1.807) is 31.2 Å². The first-order chi connectivity index (χ1) is 12.0. The number of hydrogen-bond donors (Lipinski definition) is 0. The van der Waals surface area contributed by atoms with Gasteiger partial charge in [0.2, 0.25) is 5.91 Å². The number of rotatable bonds is 7. The fourth-order valence-electron chi connectivity index (χ4n) is 2.56. The number of amides is 1. The SMILES string of the molecule is CCOc1ccccc1/C=C/C(=O)N(C)Cc1cc(C)ccc1OC. The lowest BCUT2D eigenvalue weighted by atomic mass is 10.1. The number of methoxy groups -OCH3 is 1. The number of benzene rings is 2. The first-order valence-electron chi connectivity index (χ1n) is 8.33. The highest BCUT2D eigenvalue weighted by Gasteiger charge is 2.10. The highest BCUT2D eigenvalue weighted by molar-refractivity contribution is 5.92. The van der Waals surface area contributed by atoms with Crippen LogP contribution in [-0.2, 0) is 11.3 Å². The number of hydrogen-bond acceptors (Lipinski definition) is 3. The third-order valence-electron chi connectivity index (χ3n) is 3.84. The van der Waals surface area contributed by atoms with E-state index >= 15 is 0 Å². The predicted octanol–water partition coefficient (Wildman–Crippen LogP) is 4.07. The van der Waals surface area contributed by atoms with Crippen LogP contribution < -0.4 is 9.47 Å². The van der Waals surface area contributed by atoms with Gasteiger partial charge in [-0.2, -0.15) is 0 Å². The molecular formula is C21H25NO3.